The molecule has 1 aliphatic rings. The Morgan fingerprint density at radius 1 is 1.42 bits per heavy atom. The van der Waals surface area contributed by atoms with Crippen LogP contribution >= 0.6 is 0 Å². The van der Waals surface area contributed by atoms with Crippen molar-refractivity contribution in [1.82, 2.24) is 14.6 Å². The van der Waals surface area contributed by atoms with Crippen LogP contribution in [0.3, 0.4) is 0 Å². The molecule has 0 saturated heterocycles. The van der Waals surface area contributed by atoms with E-state index in [9.17, 15) is 5.11 Å². The first kappa shape index (κ1) is 12.4. The number of hydrogen-bond acceptors (Lipinski definition) is 4. The van der Waals surface area contributed by atoms with Gasteiger partial charge < -0.3 is 10.4 Å². The largest absolute Gasteiger partial charge is 0.388 e. The zero-order valence-electron chi connectivity index (χ0n) is 11.2. The molecule has 0 aromatic carbocycles. The fourth-order valence-corrected chi connectivity index (χ4v) is 2.64. The summed E-state index contributed by atoms with van der Waals surface area (Å²) in [6, 6.07) is 3.75. The molecule has 5 nitrogen and oxygen atoms in total. The van der Waals surface area contributed by atoms with Gasteiger partial charge in [0.15, 0.2) is 5.65 Å². The SMILES string of the molecule is CC1CCC(O)(CNc2ccn3nccc3n2)CC1. The minimum absolute atomic E-state index is 0.566. The summed E-state index contributed by atoms with van der Waals surface area (Å²) in [4.78, 5) is 4.44. The first-order valence-corrected chi connectivity index (χ1v) is 6.91. The van der Waals surface area contributed by atoms with Crippen molar-refractivity contribution in [3.63, 3.8) is 0 Å². The van der Waals surface area contributed by atoms with Gasteiger partial charge in [0.2, 0.25) is 0 Å². The normalized spacial score (nSPS) is 27.6. The molecule has 0 bridgehead atoms. The summed E-state index contributed by atoms with van der Waals surface area (Å²) in [5.41, 5.74) is 0.231. The molecule has 2 heterocycles. The maximum absolute atomic E-state index is 10.5. The van der Waals surface area contributed by atoms with E-state index in [1.165, 1.54) is 0 Å². The lowest BCUT2D eigenvalue weighted by molar-refractivity contribution is 0.00495. The number of hydrogen-bond donors (Lipinski definition) is 2. The predicted octanol–water partition coefficient (Wildman–Crippen LogP) is 2.08. The standard InChI is InChI=1S/C14H20N4O/c1-11-2-6-14(19,7-3-11)10-15-12-5-9-18-13(17-12)4-8-16-18/h4-5,8-9,11,19H,2-3,6-7,10H2,1H3,(H,15,17). The molecule has 3 rings (SSSR count). The lowest BCUT2D eigenvalue weighted by Gasteiger charge is -2.35. The van der Waals surface area contributed by atoms with Gasteiger partial charge in [-0.05, 0) is 37.7 Å². The van der Waals surface area contributed by atoms with Crippen LogP contribution in [-0.4, -0.2) is 31.9 Å². The Bertz CT molecular complexity index is 557. The Morgan fingerprint density at radius 3 is 3.00 bits per heavy atom. The van der Waals surface area contributed by atoms with Crippen molar-refractivity contribution in [2.45, 2.75) is 38.2 Å². The predicted molar refractivity (Wildman–Crippen MR) is 74.1 cm³/mol. The van der Waals surface area contributed by atoms with Gasteiger partial charge in [-0.2, -0.15) is 5.10 Å². The van der Waals surface area contributed by atoms with Gasteiger partial charge in [-0.25, -0.2) is 9.50 Å². The van der Waals surface area contributed by atoms with Crippen LogP contribution in [0, 0.1) is 5.92 Å². The highest BCUT2D eigenvalue weighted by atomic mass is 16.3. The molecule has 0 spiro atoms. The summed E-state index contributed by atoms with van der Waals surface area (Å²) in [5, 5.41) is 17.9. The van der Waals surface area contributed by atoms with E-state index in [0.717, 1.165) is 43.1 Å². The van der Waals surface area contributed by atoms with E-state index in [2.05, 4.69) is 22.3 Å². The highest BCUT2D eigenvalue weighted by Gasteiger charge is 2.31. The first-order valence-electron chi connectivity index (χ1n) is 6.91. The molecule has 1 aliphatic carbocycles. The van der Waals surface area contributed by atoms with Crippen LogP contribution in [0.5, 0.6) is 0 Å². The van der Waals surface area contributed by atoms with Crippen LogP contribution in [0.4, 0.5) is 5.82 Å². The number of anilines is 1. The van der Waals surface area contributed by atoms with Crippen molar-refractivity contribution in [2.24, 2.45) is 5.92 Å². The zero-order chi connectivity index (χ0) is 13.3. The third-order valence-electron chi connectivity index (χ3n) is 4.06. The number of aliphatic hydroxyl groups is 1. The van der Waals surface area contributed by atoms with Gasteiger partial charge in [0.1, 0.15) is 5.82 Å². The lowest BCUT2D eigenvalue weighted by atomic mass is 9.79. The Kier molecular flexibility index (Phi) is 3.14. The number of nitrogens with one attached hydrogen (secondary N) is 1. The van der Waals surface area contributed by atoms with Gasteiger partial charge in [-0.1, -0.05) is 6.92 Å². The van der Waals surface area contributed by atoms with E-state index in [-0.39, 0.29) is 0 Å². The molecule has 0 atom stereocenters. The Morgan fingerprint density at radius 2 is 2.21 bits per heavy atom. The maximum atomic E-state index is 10.5. The molecule has 1 saturated carbocycles. The minimum atomic E-state index is -0.583. The first-order chi connectivity index (χ1) is 9.15. The number of fused-ring (bicyclic) bond motifs is 1. The van der Waals surface area contributed by atoms with Crippen LogP contribution in [0.25, 0.3) is 5.65 Å². The van der Waals surface area contributed by atoms with E-state index in [4.69, 9.17) is 0 Å². The summed E-state index contributed by atoms with van der Waals surface area (Å²) in [6.45, 7) is 2.82. The Hall–Kier alpha value is -1.62. The third-order valence-corrected chi connectivity index (χ3v) is 4.06. The van der Waals surface area contributed by atoms with Gasteiger partial charge in [-0.3, -0.25) is 0 Å². The molecule has 0 unspecified atom stereocenters. The molecule has 2 aromatic heterocycles. The molecular weight excluding hydrogens is 240 g/mol. The van der Waals surface area contributed by atoms with Crippen LogP contribution in [0.1, 0.15) is 32.6 Å². The molecular formula is C14H20N4O. The molecule has 2 N–H and O–H groups in total. The number of rotatable bonds is 3. The maximum Gasteiger partial charge on any atom is 0.157 e. The van der Waals surface area contributed by atoms with E-state index in [1.54, 1.807) is 10.7 Å². The summed E-state index contributed by atoms with van der Waals surface area (Å²) >= 11 is 0. The van der Waals surface area contributed by atoms with Crippen LogP contribution in [-0.2, 0) is 0 Å². The van der Waals surface area contributed by atoms with Gasteiger partial charge in [-0.15, -0.1) is 0 Å². The molecule has 0 aliphatic heterocycles. The molecule has 2 aromatic rings. The molecule has 0 radical (unpaired) electrons. The van der Waals surface area contributed by atoms with Gasteiger partial charge in [0, 0.05) is 18.8 Å². The summed E-state index contributed by atoms with van der Waals surface area (Å²) in [7, 11) is 0. The lowest BCUT2D eigenvalue weighted by Crippen LogP contribution is -2.40. The molecule has 5 heteroatoms. The van der Waals surface area contributed by atoms with E-state index >= 15 is 0 Å². The number of nitrogens with zero attached hydrogens (tertiary/aromatic N) is 3. The van der Waals surface area contributed by atoms with Crippen LogP contribution in [0.2, 0.25) is 0 Å². The van der Waals surface area contributed by atoms with Crippen molar-refractivity contribution in [2.75, 3.05) is 11.9 Å². The second kappa shape index (κ2) is 4.81. The van der Waals surface area contributed by atoms with Crippen molar-refractivity contribution in [3.05, 3.63) is 24.5 Å². The second-order valence-electron chi connectivity index (χ2n) is 5.71. The quantitative estimate of drug-likeness (QED) is 0.887. The topological polar surface area (TPSA) is 62.5 Å². The summed E-state index contributed by atoms with van der Waals surface area (Å²) in [6.07, 6.45) is 7.55. The van der Waals surface area contributed by atoms with Gasteiger partial charge in [0.05, 0.1) is 11.8 Å². The van der Waals surface area contributed by atoms with Crippen molar-refractivity contribution in [3.8, 4) is 0 Å². The zero-order valence-corrected chi connectivity index (χ0v) is 11.2. The molecule has 19 heavy (non-hydrogen) atoms. The fourth-order valence-electron chi connectivity index (χ4n) is 2.64. The second-order valence-corrected chi connectivity index (χ2v) is 5.71. The van der Waals surface area contributed by atoms with Gasteiger partial charge in [0.25, 0.3) is 0 Å². The van der Waals surface area contributed by atoms with Crippen molar-refractivity contribution >= 4 is 11.5 Å². The average Bonchev–Trinajstić information content (AvgIpc) is 2.88. The Labute approximate surface area is 112 Å². The monoisotopic (exact) mass is 260 g/mol. The van der Waals surface area contributed by atoms with Crippen LogP contribution < -0.4 is 5.32 Å². The molecule has 1 fully saturated rings. The summed E-state index contributed by atoms with van der Waals surface area (Å²) in [5.74, 6) is 1.53. The summed E-state index contributed by atoms with van der Waals surface area (Å²) < 4.78 is 1.72. The smallest absolute Gasteiger partial charge is 0.157 e. The highest BCUT2D eigenvalue weighted by molar-refractivity contribution is 5.45. The average molecular weight is 260 g/mol. The highest BCUT2D eigenvalue weighted by Crippen LogP contribution is 2.31. The molecule has 102 valence electrons. The Balaban J connectivity index is 1.65. The van der Waals surface area contributed by atoms with Crippen LogP contribution in [0.15, 0.2) is 24.5 Å². The van der Waals surface area contributed by atoms with Gasteiger partial charge >= 0.3 is 0 Å². The van der Waals surface area contributed by atoms with E-state index in [1.807, 2.05) is 18.3 Å². The molecule has 0 amide bonds. The van der Waals surface area contributed by atoms with Crippen molar-refractivity contribution in [1.29, 1.82) is 0 Å². The number of aromatic nitrogens is 3. The van der Waals surface area contributed by atoms with E-state index in [0.29, 0.717) is 6.54 Å². The third kappa shape index (κ3) is 2.71. The van der Waals surface area contributed by atoms with Crippen molar-refractivity contribution < 1.29 is 5.11 Å². The minimum Gasteiger partial charge on any atom is -0.388 e. The van der Waals surface area contributed by atoms with E-state index < -0.39 is 5.60 Å². The fraction of sp³-hybridized carbons (Fsp3) is 0.571.